The summed E-state index contributed by atoms with van der Waals surface area (Å²) < 4.78 is 41.1. The Kier molecular flexibility index (Phi) is 6.97. The number of ether oxygens (including phenoxy) is 1. The number of hydrogen-bond acceptors (Lipinski definition) is 2. The van der Waals surface area contributed by atoms with Crippen molar-refractivity contribution in [3.8, 4) is 0 Å². The smallest absolute Gasteiger partial charge is 0.445 e. The fourth-order valence-electron chi connectivity index (χ4n) is 1.41. The summed E-state index contributed by atoms with van der Waals surface area (Å²) in [5.41, 5.74) is -0.630. The normalized spacial score (nSPS) is 20.3. The van der Waals surface area contributed by atoms with E-state index in [9.17, 15) is 17.7 Å². The number of rotatable bonds is 2. The first kappa shape index (κ1) is 18.5. The molecule has 0 aromatic carbocycles. The second-order valence-corrected chi connectivity index (χ2v) is 5.04. The Hall–Kier alpha value is 0.501. The predicted octanol–water partition coefficient (Wildman–Crippen LogP) is -0.0574. The average molecular weight is 289 g/mol. The molecule has 8 heteroatoms. The number of likely N-dealkylation sites (tertiary alicyclic amines) is 1. The van der Waals surface area contributed by atoms with E-state index >= 15 is 0 Å². The number of amides is 1. The van der Waals surface area contributed by atoms with Crippen LogP contribution in [0.3, 0.4) is 0 Å². The van der Waals surface area contributed by atoms with E-state index in [1.54, 1.807) is 20.8 Å². The monoisotopic (exact) mass is 289 g/mol. The molecule has 0 aromatic rings. The van der Waals surface area contributed by atoms with E-state index in [2.05, 4.69) is 0 Å². The van der Waals surface area contributed by atoms with Gasteiger partial charge < -0.3 is 22.6 Å². The van der Waals surface area contributed by atoms with Crippen molar-refractivity contribution < 1.29 is 73.9 Å². The molecule has 0 bridgehead atoms. The van der Waals surface area contributed by atoms with Crippen molar-refractivity contribution in [2.75, 3.05) is 6.54 Å². The van der Waals surface area contributed by atoms with Gasteiger partial charge in [0.25, 0.3) is 0 Å². The summed E-state index contributed by atoms with van der Waals surface area (Å²) in [5, 5.41) is 0. The summed E-state index contributed by atoms with van der Waals surface area (Å²) in [6.07, 6.45) is 1.00. The molecule has 0 radical (unpaired) electrons. The number of carbonyl (C=O) groups is 1. The topological polar surface area (TPSA) is 29.5 Å². The first-order valence-electron chi connectivity index (χ1n) is 5.47. The summed E-state index contributed by atoms with van der Waals surface area (Å²) in [6.45, 7) is 0.650. The van der Waals surface area contributed by atoms with Crippen LogP contribution in [-0.2, 0) is 4.74 Å². The minimum atomic E-state index is -4.94. The molecule has 1 rings (SSSR count). The van der Waals surface area contributed by atoms with Gasteiger partial charge in [-0.3, -0.25) is 0 Å². The van der Waals surface area contributed by atoms with Gasteiger partial charge in [0, 0.05) is 6.54 Å². The van der Waals surface area contributed by atoms with Crippen molar-refractivity contribution in [1.29, 1.82) is 0 Å². The Morgan fingerprint density at radius 1 is 1.39 bits per heavy atom. The van der Waals surface area contributed by atoms with E-state index in [4.69, 9.17) is 4.74 Å². The van der Waals surface area contributed by atoms with E-state index in [0.29, 0.717) is 13.0 Å². The van der Waals surface area contributed by atoms with Crippen LogP contribution in [0.2, 0.25) is 0 Å². The van der Waals surface area contributed by atoms with Crippen LogP contribution in [0.15, 0.2) is 12.1 Å². The Labute approximate surface area is 148 Å². The third-order valence-corrected chi connectivity index (χ3v) is 2.25. The molecule has 0 spiro atoms. The zero-order chi connectivity index (χ0) is 13.3. The van der Waals surface area contributed by atoms with Crippen LogP contribution in [0.1, 0.15) is 27.2 Å². The van der Waals surface area contributed by atoms with Gasteiger partial charge in [-0.1, -0.05) is 6.08 Å². The van der Waals surface area contributed by atoms with E-state index in [1.165, 1.54) is 4.90 Å². The standard InChI is InChI=1S/C10H16BF3NO2.K/c1-10(2,3)17-9(16)15-7-5-8(15)4-6-11(12,13)14;/h4,6,8H,5,7H2,1-3H3;/q-1;+1/b6-4+;. The molecule has 1 aliphatic rings. The Morgan fingerprint density at radius 2 is 1.94 bits per heavy atom. The molecular formula is C10H16BF3KNO2. The third kappa shape index (κ3) is 6.61. The van der Waals surface area contributed by atoms with Crippen molar-refractivity contribution in [2.45, 2.75) is 38.8 Å². The molecule has 18 heavy (non-hydrogen) atoms. The van der Waals surface area contributed by atoms with Crippen molar-refractivity contribution in [1.82, 2.24) is 4.90 Å². The SMILES string of the molecule is CC(C)(C)OC(=O)N1CCC1/C=C/[B-](F)(F)F.[K+]. The first-order chi connectivity index (χ1) is 7.58. The summed E-state index contributed by atoms with van der Waals surface area (Å²) in [4.78, 5) is 12.9. The van der Waals surface area contributed by atoms with Crippen molar-refractivity contribution in [2.24, 2.45) is 0 Å². The van der Waals surface area contributed by atoms with Crippen LogP contribution < -0.4 is 51.4 Å². The van der Waals surface area contributed by atoms with Crippen LogP contribution in [-0.4, -0.2) is 36.2 Å². The van der Waals surface area contributed by atoms with Crippen LogP contribution in [0.25, 0.3) is 0 Å². The molecule has 98 valence electrons. The van der Waals surface area contributed by atoms with Gasteiger partial charge in [0.05, 0.1) is 6.04 Å². The van der Waals surface area contributed by atoms with Gasteiger partial charge in [0.2, 0.25) is 0 Å². The molecule has 0 aromatic heterocycles. The average Bonchev–Trinajstić information content (AvgIpc) is 1.94. The first-order valence-corrected chi connectivity index (χ1v) is 5.47. The Balaban J connectivity index is 0.00000289. The van der Waals surface area contributed by atoms with Gasteiger partial charge >= 0.3 is 64.5 Å². The fourth-order valence-corrected chi connectivity index (χ4v) is 1.41. The van der Waals surface area contributed by atoms with Gasteiger partial charge in [-0.25, -0.2) is 4.79 Å². The van der Waals surface area contributed by atoms with E-state index in [-0.39, 0.29) is 57.4 Å². The van der Waals surface area contributed by atoms with Crippen LogP contribution in [0.4, 0.5) is 17.7 Å². The second-order valence-electron chi connectivity index (χ2n) is 5.04. The molecule has 1 amide bonds. The van der Waals surface area contributed by atoms with E-state index in [1.807, 2.05) is 0 Å². The molecule has 1 atom stereocenters. The summed E-state index contributed by atoms with van der Waals surface area (Å²) >= 11 is 0. The zero-order valence-electron chi connectivity index (χ0n) is 11.1. The maximum Gasteiger partial charge on any atom is 1.00 e. The van der Waals surface area contributed by atoms with E-state index < -0.39 is 24.7 Å². The van der Waals surface area contributed by atoms with Crippen molar-refractivity contribution >= 4 is 13.1 Å². The molecule has 0 N–H and O–H groups in total. The van der Waals surface area contributed by atoms with Gasteiger partial charge in [0.15, 0.2) is 0 Å². The summed E-state index contributed by atoms with van der Waals surface area (Å²) in [6, 6.07) is -0.492. The minimum absolute atomic E-state index is 0. The van der Waals surface area contributed by atoms with Crippen molar-refractivity contribution in [3.05, 3.63) is 12.1 Å². The van der Waals surface area contributed by atoms with Crippen molar-refractivity contribution in [3.63, 3.8) is 0 Å². The third-order valence-electron chi connectivity index (χ3n) is 2.25. The van der Waals surface area contributed by atoms with Crippen LogP contribution in [0, 0.1) is 0 Å². The minimum Gasteiger partial charge on any atom is -0.445 e. The Bertz CT molecular complexity index is 328. The predicted molar refractivity (Wildman–Crippen MR) is 59.6 cm³/mol. The maximum absolute atomic E-state index is 12.0. The molecule has 0 saturated carbocycles. The van der Waals surface area contributed by atoms with Gasteiger partial charge in [-0.2, -0.15) is 0 Å². The zero-order valence-corrected chi connectivity index (χ0v) is 14.2. The molecule has 1 aliphatic heterocycles. The van der Waals surface area contributed by atoms with Gasteiger partial charge in [0.1, 0.15) is 5.60 Å². The molecule has 1 heterocycles. The molecule has 1 saturated heterocycles. The van der Waals surface area contributed by atoms with Gasteiger partial charge in [-0.15, -0.1) is 5.98 Å². The second kappa shape index (κ2) is 6.79. The van der Waals surface area contributed by atoms with Crippen LogP contribution in [0.5, 0.6) is 0 Å². The summed E-state index contributed by atoms with van der Waals surface area (Å²) in [5.74, 6) is 0.223. The van der Waals surface area contributed by atoms with Crippen LogP contribution >= 0.6 is 0 Å². The largest absolute Gasteiger partial charge is 1.00 e. The summed E-state index contributed by atoms with van der Waals surface area (Å²) in [7, 11) is 0. The molecular weight excluding hydrogens is 273 g/mol. The molecule has 0 aliphatic carbocycles. The number of carbonyl (C=O) groups excluding carboxylic acids is 1. The molecule has 1 unspecified atom stereocenters. The fraction of sp³-hybridized carbons (Fsp3) is 0.700. The number of halogens is 3. The Morgan fingerprint density at radius 3 is 2.28 bits per heavy atom. The van der Waals surface area contributed by atoms with Gasteiger partial charge in [-0.05, 0) is 27.2 Å². The molecule has 1 fully saturated rings. The number of nitrogens with zero attached hydrogens (tertiary/aromatic N) is 1. The quantitative estimate of drug-likeness (QED) is 0.667. The number of hydrogen-bond donors (Lipinski definition) is 0. The maximum atomic E-state index is 12.0. The molecule has 3 nitrogen and oxygen atoms in total. The van der Waals surface area contributed by atoms with E-state index in [0.717, 1.165) is 6.08 Å².